The minimum absolute atomic E-state index is 0.0518. The maximum Gasteiger partial charge on any atom is 0.239 e. The second kappa shape index (κ2) is 7.23. The highest BCUT2D eigenvalue weighted by molar-refractivity contribution is 5.82. The molecule has 2 aliphatic rings. The Hall–Kier alpha value is -2.14. The van der Waals surface area contributed by atoms with E-state index in [1.165, 1.54) is 12.8 Å². The fraction of sp³-hybridized carbons (Fsp3) is 0.524. The normalized spacial score (nSPS) is 20.0. The van der Waals surface area contributed by atoms with Crippen LogP contribution >= 0.6 is 0 Å². The van der Waals surface area contributed by atoms with Gasteiger partial charge in [0.25, 0.3) is 0 Å². The molecular weight excluding hydrogens is 326 g/mol. The second-order valence-corrected chi connectivity index (χ2v) is 7.70. The lowest BCUT2D eigenvalue weighted by molar-refractivity contribution is -0.138. The SMILES string of the molecule is CC1CCN([C@@H](C)C(=O)N2CCc3onc(-c4ccccc4)c3C2)CC1. The summed E-state index contributed by atoms with van der Waals surface area (Å²) in [4.78, 5) is 17.4. The average Bonchev–Trinajstić information content (AvgIpc) is 3.11. The van der Waals surface area contributed by atoms with E-state index in [0.717, 1.165) is 48.0 Å². The van der Waals surface area contributed by atoms with Crippen molar-refractivity contribution >= 4 is 5.91 Å². The van der Waals surface area contributed by atoms with Crippen LogP contribution in [0.5, 0.6) is 0 Å². The molecule has 4 rings (SSSR count). The van der Waals surface area contributed by atoms with E-state index in [4.69, 9.17) is 4.52 Å². The molecule has 26 heavy (non-hydrogen) atoms. The van der Waals surface area contributed by atoms with E-state index >= 15 is 0 Å². The molecule has 5 nitrogen and oxygen atoms in total. The van der Waals surface area contributed by atoms with Crippen LogP contribution in [0.4, 0.5) is 0 Å². The van der Waals surface area contributed by atoms with E-state index in [1.54, 1.807) is 0 Å². The van der Waals surface area contributed by atoms with Gasteiger partial charge in [0.15, 0.2) is 0 Å². The third-order valence-electron chi connectivity index (χ3n) is 5.91. The number of benzene rings is 1. The Morgan fingerprint density at radius 2 is 1.92 bits per heavy atom. The van der Waals surface area contributed by atoms with Gasteiger partial charge in [-0.2, -0.15) is 0 Å². The van der Waals surface area contributed by atoms with Gasteiger partial charge in [-0.15, -0.1) is 0 Å². The smallest absolute Gasteiger partial charge is 0.239 e. The van der Waals surface area contributed by atoms with E-state index < -0.39 is 0 Å². The Labute approximate surface area is 155 Å². The van der Waals surface area contributed by atoms with Crippen molar-refractivity contribution in [1.82, 2.24) is 15.0 Å². The van der Waals surface area contributed by atoms with Crippen molar-refractivity contribution in [2.24, 2.45) is 5.92 Å². The number of aromatic nitrogens is 1. The van der Waals surface area contributed by atoms with Crippen LogP contribution in [0.15, 0.2) is 34.9 Å². The van der Waals surface area contributed by atoms with Gasteiger partial charge >= 0.3 is 0 Å². The minimum Gasteiger partial charge on any atom is -0.360 e. The standard InChI is InChI=1S/C21H27N3O2/c1-15-8-11-23(12-9-15)16(2)21(25)24-13-10-19-18(14-24)20(22-26-19)17-6-4-3-5-7-17/h3-7,15-16H,8-14H2,1-2H3/t16-/m0/s1. The molecule has 0 spiro atoms. The molecule has 0 N–H and O–H groups in total. The number of nitrogens with zero attached hydrogens (tertiary/aromatic N) is 3. The second-order valence-electron chi connectivity index (χ2n) is 7.70. The highest BCUT2D eigenvalue weighted by Gasteiger charge is 2.32. The van der Waals surface area contributed by atoms with Crippen LogP contribution in [0.3, 0.4) is 0 Å². The first-order chi connectivity index (χ1) is 12.6. The van der Waals surface area contributed by atoms with Crippen LogP contribution in [-0.2, 0) is 17.8 Å². The van der Waals surface area contributed by atoms with Crippen LogP contribution in [0.2, 0.25) is 0 Å². The zero-order chi connectivity index (χ0) is 18.1. The Morgan fingerprint density at radius 1 is 1.19 bits per heavy atom. The topological polar surface area (TPSA) is 49.6 Å². The summed E-state index contributed by atoms with van der Waals surface area (Å²) >= 11 is 0. The van der Waals surface area contributed by atoms with Crippen molar-refractivity contribution in [1.29, 1.82) is 0 Å². The van der Waals surface area contributed by atoms with Crippen LogP contribution in [0.1, 0.15) is 38.0 Å². The molecule has 1 saturated heterocycles. The van der Waals surface area contributed by atoms with Crippen molar-refractivity contribution in [3.8, 4) is 11.3 Å². The first-order valence-electron chi connectivity index (χ1n) is 9.69. The van der Waals surface area contributed by atoms with Gasteiger partial charge in [-0.25, -0.2) is 0 Å². The molecule has 2 aliphatic heterocycles. The lowest BCUT2D eigenvalue weighted by Crippen LogP contribution is -2.50. The molecule has 0 saturated carbocycles. The van der Waals surface area contributed by atoms with Gasteiger partial charge in [-0.1, -0.05) is 42.4 Å². The molecule has 5 heteroatoms. The number of hydrogen-bond acceptors (Lipinski definition) is 4. The molecule has 3 heterocycles. The van der Waals surface area contributed by atoms with Gasteiger partial charge in [0.2, 0.25) is 5.91 Å². The Morgan fingerprint density at radius 3 is 2.65 bits per heavy atom. The van der Waals surface area contributed by atoms with Crippen LogP contribution < -0.4 is 0 Å². The predicted molar refractivity (Wildman–Crippen MR) is 100 cm³/mol. The minimum atomic E-state index is -0.0518. The fourth-order valence-electron chi connectivity index (χ4n) is 4.06. The molecule has 1 amide bonds. The van der Waals surface area contributed by atoms with Crippen molar-refractivity contribution < 1.29 is 9.32 Å². The van der Waals surface area contributed by atoms with Gasteiger partial charge in [-0.3, -0.25) is 9.69 Å². The number of fused-ring (bicyclic) bond motifs is 1. The number of rotatable bonds is 3. The highest BCUT2D eigenvalue weighted by atomic mass is 16.5. The first-order valence-corrected chi connectivity index (χ1v) is 9.69. The quantitative estimate of drug-likeness (QED) is 0.849. The summed E-state index contributed by atoms with van der Waals surface area (Å²) in [5.41, 5.74) is 2.98. The number of carbonyl (C=O) groups is 1. The van der Waals surface area contributed by atoms with Crippen LogP contribution in [-0.4, -0.2) is 46.5 Å². The van der Waals surface area contributed by atoms with Crippen molar-refractivity contribution in [3.63, 3.8) is 0 Å². The number of carbonyl (C=O) groups excluding carboxylic acids is 1. The van der Waals surface area contributed by atoms with Crippen LogP contribution in [0.25, 0.3) is 11.3 Å². The van der Waals surface area contributed by atoms with E-state index in [-0.39, 0.29) is 11.9 Å². The van der Waals surface area contributed by atoms with Crippen LogP contribution in [0, 0.1) is 5.92 Å². The largest absolute Gasteiger partial charge is 0.360 e. The monoisotopic (exact) mass is 353 g/mol. The Bertz CT molecular complexity index is 763. The lowest BCUT2D eigenvalue weighted by Gasteiger charge is -2.37. The van der Waals surface area contributed by atoms with E-state index in [9.17, 15) is 4.79 Å². The number of likely N-dealkylation sites (tertiary alicyclic amines) is 1. The molecule has 0 aliphatic carbocycles. The molecule has 1 aromatic heterocycles. The van der Waals surface area contributed by atoms with E-state index in [0.29, 0.717) is 13.1 Å². The van der Waals surface area contributed by atoms with Crippen molar-refractivity contribution in [2.45, 2.75) is 45.7 Å². The summed E-state index contributed by atoms with van der Waals surface area (Å²) in [6.45, 7) is 7.71. The molecule has 0 unspecified atom stereocenters. The van der Waals surface area contributed by atoms with Crippen molar-refractivity contribution in [2.75, 3.05) is 19.6 Å². The molecule has 0 radical (unpaired) electrons. The molecule has 1 aromatic carbocycles. The van der Waals surface area contributed by atoms with Gasteiger partial charge in [0, 0.05) is 24.1 Å². The maximum absolute atomic E-state index is 13.1. The summed E-state index contributed by atoms with van der Waals surface area (Å²) in [6, 6.07) is 10.0. The average molecular weight is 353 g/mol. The molecule has 1 atom stereocenters. The molecule has 1 fully saturated rings. The molecule has 2 aromatic rings. The van der Waals surface area contributed by atoms with Gasteiger partial charge in [-0.05, 0) is 38.8 Å². The zero-order valence-electron chi connectivity index (χ0n) is 15.6. The third-order valence-corrected chi connectivity index (χ3v) is 5.91. The fourth-order valence-corrected chi connectivity index (χ4v) is 4.06. The first kappa shape index (κ1) is 17.3. The molecule has 138 valence electrons. The number of amides is 1. The summed E-state index contributed by atoms with van der Waals surface area (Å²) in [7, 11) is 0. The highest BCUT2D eigenvalue weighted by Crippen LogP contribution is 2.30. The Balaban J connectivity index is 1.49. The van der Waals surface area contributed by atoms with Gasteiger partial charge in [0.05, 0.1) is 12.6 Å². The maximum atomic E-state index is 13.1. The molecular formula is C21H27N3O2. The summed E-state index contributed by atoms with van der Waals surface area (Å²) < 4.78 is 5.56. The summed E-state index contributed by atoms with van der Waals surface area (Å²) in [5.74, 6) is 1.93. The van der Waals surface area contributed by atoms with Gasteiger partial charge < -0.3 is 9.42 Å². The predicted octanol–water partition coefficient (Wildman–Crippen LogP) is 3.35. The lowest BCUT2D eigenvalue weighted by atomic mass is 9.97. The summed E-state index contributed by atoms with van der Waals surface area (Å²) in [6.07, 6.45) is 3.11. The van der Waals surface area contributed by atoms with E-state index in [1.807, 2.05) is 35.2 Å². The zero-order valence-corrected chi connectivity index (χ0v) is 15.6. The molecule has 0 bridgehead atoms. The number of piperidine rings is 1. The number of hydrogen-bond donors (Lipinski definition) is 0. The summed E-state index contributed by atoms with van der Waals surface area (Å²) in [5, 5.41) is 4.28. The third kappa shape index (κ3) is 3.28. The van der Waals surface area contributed by atoms with Crippen molar-refractivity contribution in [3.05, 3.63) is 41.7 Å². The van der Waals surface area contributed by atoms with Gasteiger partial charge in [0.1, 0.15) is 11.5 Å². The Kier molecular flexibility index (Phi) is 4.81. The van der Waals surface area contributed by atoms with E-state index in [2.05, 4.69) is 23.9 Å².